The predicted octanol–water partition coefficient (Wildman–Crippen LogP) is 3.21. The first-order chi connectivity index (χ1) is 7.98. The lowest BCUT2D eigenvalue weighted by Gasteiger charge is -2.31. The fourth-order valence-corrected chi connectivity index (χ4v) is 1.94. The van der Waals surface area contributed by atoms with Gasteiger partial charge in [-0.2, -0.15) is 0 Å². The van der Waals surface area contributed by atoms with Gasteiger partial charge in [0.05, 0.1) is 0 Å². The number of carbonyl (C=O) groups is 1. The fraction of sp³-hybridized carbons (Fsp3) is 0.417. The largest absolute Gasteiger partial charge is 0.338 e. The molecule has 1 heterocycles. The molecule has 0 N–H and O–H groups in total. The van der Waals surface area contributed by atoms with Gasteiger partial charge in [-0.05, 0) is 24.3 Å². The van der Waals surface area contributed by atoms with Crippen molar-refractivity contribution in [2.45, 2.75) is 18.8 Å². The highest BCUT2D eigenvalue weighted by atomic mass is 35.5. The van der Waals surface area contributed by atoms with Gasteiger partial charge in [0.2, 0.25) is 0 Å². The molecule has 0 saturated carbocycles. The Kier molecular flexibility index (Phi) is 3.33. The van der Waals surface area contributed by atoms with Gasteiger partial charge in [0.25, 0.3) is 11.8 Å². The Morgan fingerprint density at radius 2 is 1.71 bits per heavy atom. The second-order valence-electron chi connectivity index (χ2n) is 4.16. The number of rotatable bonds is 1. The monoisotopic (exact) mass is 259 g/mol. The number of nitrogens with zero attached hydrogens (tertiary/aromatic N) is 1. The third kappa shape index (κ3) is 2.94. The summed E-state index contributed by atoms with van der Waals surface area (Å²) < 4.78 is 25.9. The number of amides is 1. The molecule has 92 valence electrons. The normalized spacial score (nSPS) is 19.1. The Labute approximate surface area is 103 Å². The molecule has 5 heteroatoms. The van der Waals surface area contributed by atoms with E-state index in [0.29, 0.717) is 10.6 Å². The Morgan fingerprint density at radius 1 is 1.18 bits per heavy atom. The van der Waals surface area contributed by atoms with Gasteiger partial charge in [-0.25, -0.2) is 8.78 Å². The van der Waals surface area contributed by atoms with Crippen LogP contribution >= 0.6 is 11.6 Å². The highest BCUT2D eigenvalue weighted by Crippen LogP contribution is 2.28. The van der Waals surface area contributed by atoms with E-state index < -0.39 is 5.92 Å². The molecule has 0 spiro atoms. The van der Waals surface area contributed by atoms with Crippen molar-refractivity contribution in [3.63, 3.8) is 0 Å². The molecular weight excluding hydrogens is 248 g/mol. The first kappa shape index (κ1) is 12.3. The Hall–Kier alpha value is -1.16. The van der Waals surface area contributed by atoms with Crippen LogP contribution in [0.1, 0.15) is 23.2 Å². The fourth-order valence-electron chi connectivity index (χ4n) is 1.81. The first-order valence-corrected chi connectivity index (χ1v) is 5.78. The summed E-state index contributed by atoms with van der Waals surface area (Å²) >= 11 is 5.72. The summed E-state index contributed by atoms with van der Waals surface area (Å²) in [7, 11) is 0. The molecule has 0 bridgehead atoms. The first-order valence-electron chi connectivity index (χ1n) is 5.41. The zero-order valence-corrected chi connectivity index (χ0v) is 9.88. The highest BCUT2D eigenvalue weighted by molar-refractivity contribution is 6.30. The number of hydrogen-bond acceptors (Lipinski definition) is 1. The summed E-state index contributed by atoms with van der Waals surface area (Å²) in [4.78, 5) is 13.4. The summed E-state index contributed by atoms with van der Waals surface area (Å²) in [6.07, 6.45) is -0.515. The van der Waals surface area contributed by atoms with Gasteiger partial charge in [-0.3, -0.25) is 4.79 Å². The number of halogens is 3. The highest BCUT2D eigenvalue weighted by Gasteiger charge is 2.35. The minimum atomic E-state index is -2.63. The van der Waals surface area contributed by atoms with Crippen molar-refractivity contribution in [1.29, 1.82) is 0 Å². The molecule has 1 aromatic rings. The molecular formula is C12H12ClF2NO. The van der Waals surface area contributed by atoms with Gasteiger partial charge in [-0.15, -0.1) is 0 Å². The molecule has 0 aliphatic carbocycles. The molecule has 2 rings (SSSR count). The van der Waals surface area contributed by atoms with E-state index in [1.165, 1.54) is 4.90 Å². The van der Waals surface area contributed by atoms with E-state index in [9.17, 15) is 13.6 Å². The van der Waals surface area contributed by atoms with E-state index in [1.807, 2.05) is 0 Å². The molecule has 0 unspecified atom stereocenters. The number of carbonyl (C=O) groups excluding carboxylic acids is 1. The average Bonchev–Trinajstić information content (AvgIpc) is 2.29. The summed E-state index contributed by atoms with van der Waals surface area (Å²) in [5, 5.41) is 0.548. The summed E-state index contributed by atoms with van der Waals surface area (Å²) in [6.45, 7) is 0.211. The van der Waals surface area contributed by atoms with E-state index in [2.05, 4.69) is 0 Å². The number of likely N-dealkylation sites (tertiary alicyclic amines) is 1. The van der Waals surface area contributed by atoms with Crippen LogP contribution in [0.2, 0.25) is 5.02 Å². The topological polar surface area (TPSA) is 20.3 Å². The lowest BCUT2D eigenvalue weighted by molar-refractivity contribution is -0.0494. The van der Waals surface area contributed by atoms with Gasteiger partial charge in [-0.1, -0.05) is 11.6 Å². The van der Waals surface area contributed by atoms with Crippen LogP contribution < -0.4 is 0 Å². The van der Waals surface area contributed by atoms with Crippen LogP contribution in [0.3, 0.4) is 0 Å². The van der Waals surface area contributed by atoms with Crippen LogP contribution in [0, 0.1) is 0 Å². The maximum Gasteiger partial charge on any atom is 0.253 e. The number of piperidine rings is 1. The van der Waals surface area contributed by atoms with E-state index in [1.54, 1.807) is 24.3 Å². The number of hydrogen-bond donors (Lipinski definition) is 0. The van der Waals surface area contributed by atoms with E-state index in [0.717, 1.165) is 0 Å². The molecule has 1 fully saturated rings. The minimum absolute atomic E-state index is 0.106. The van der Waals surface area contributed by atoms with Crippen LogP contribution in [0.4, 0.5) is 8.78 Å². The molecule has 0 aromatic heterocycles. The van der Waals surface area contributed by atoms with Crippen molar-refractivity contribution >= 4 is 17.5 Å². The van der Waals surface area contributed by atoms with Crippen LogP contribution in [-0.2, 0) is 0 Å². The zero-order valence-electron chi connectivity index (χ0n) is 9.13. The second kappa shape index (κ2) is 4.61. The zero-order chi connectivity index (χ0) is 12.5. The summed E-state index contributed by atoms with van der Waals surface area (Å²) in [6, 6.07) is 6.45. The molecule has 1 aromatic carbocycles. The number of benzene rings is 1. The van der Waals surface area contributed by atoms with Crippen molar-refractivity contribution in [3.8, 4) is 0 Å². The maximum absolute atomic E-state index is 12.9. The quantitative estimate of drug-likeness (QED) is 0.758. The van der Waals surface area contributed by atoms with Crippen molar-refractivity contribution in [3.05, 3.63) is 34.9 Å². The van der Waals surface area contributed by atoms with E-state index in [4.69, 9.17) is 11.6 Å². The molecule has 0 radical (unpaired) electrons. The van der Waals surface area contributed by atoms with E-state index in [-0.39, 0.29) is 31.8 Å². The molecule has 1 saturated heterocycles. The van der Waals surface area contributed by atoms with Crippen molar-refractivity contribution in [2.24, 2.45) is 0 Å². The van der Waals surface area contributed by atoms with Crippen molar-refractivity contribution in [2.75, 3.05) is 13.1 Å². The van der Waals surface area contributed by atoms with Gasteiger partial charge in [0.1, 0.15) is 0 Å². The standard InChI is InChI=1S/C12H12ClF2NO/c13-10-3-1-9(2-4-10)11(17)16-7-5-12(14,15)6-8-16/h1-4H,5-8H2. The molecule has 0 atom stereocenters. The van der Waals surface area contributed by atoms with Gasteiger partial charge in [0, 0.05) is 36.5 Å². The molecule has 1 aliphatic rings. The average molecular weight is 260 g/mol. The Balaban J connectivity index is 2.04. The SMILES string of the molecule is O=C(c1ccc(Cl)cc1)N1CCC(F)(F)CC1. The van der Waals surface area contributed by atoms with Crippen LogP contribution in [0.5, 0.6) is 0 Å². The number of alkyl halides is 2. The smallest absolute Gasteiger partial charge is 0.253 e. The summed E-state index contributed by atoms with van der Waals surface area (Å²) in [5.41, 5.74) is 0.486. The molecule has 2 nitrogen and oxygen atoms in total. The lowest BCUT2D eigenvalue weighted by atomic mass is 10.1. The van der Waals surface area contributed by atoms with Crippen LogP contribution in [0.25, 0.3) is 0 Å². The van der Waals surface area contributed by atoms with Gasteiger partial charge in [0.15, 0.2) is 0 Å². The van der Waals surface area contributed by atoms with Gasteiger partial charge >= 0.3 is 0 Å². The third-order valence-electron chi connectivity index (χ3n) is 2.87. The minimum Gasteiger partial charge on any atom is -0.338 e. The van der Waals surface area contributed by atoms with Crippen molar-refractivity contribution in [1.82, 2.24) is 4.90 Å². The maximum atomic E-state index is 12.9. The second-order valence-corrected chi connectivity index (χ2v) is 4.59. The van der Waals surface area contributed by atoms with Crippen LogP contribution in [-0.4, -0.2) is 29.8 Å². The third-order valence-corrected chi connectivity index (χ3v) is 3.13. The summed E-state index contributed by atoms with van der Waals surface area (Å²) in [5.74, 6) is -2.84. The van der Waals surface area contributed by atoms with E-state index >= 15 is 0 Å². The Morgan fingerprint density at radius 3 is 2.24 bits per heavy atom. The molecule has 1 aliphatic heterocycles. The Bertz CT molecular complexity index is 409. The predicted molar refractivity (Wildman–Crippen MR) is 61.5 cm³/mol. The molecule has 17 heavy (non-hydrogen) atoms. The van der Waals surface area contributed by atoms with Gasteiger partial charge < -0.3 is 4.90 Å². The molecule has 1 amide bonds. The lowest BCUT2D eigenvalue weighted by Crippen LogP contribution is -2.42. The van der Waals surface area contributed by atoms with Crippen molar-refractivity contribution < 1.29 is 13.6 Å². The van der Waals surface area contributed by atoms with Crippen LogP contribution in [0.15, 0.2) is 24.3 Å².